The molecule has 0 bridgehead atoms. The smallest absolute Gasteiger partial charge is 0.281 e. The highest BCUT2D eigenvalue weighted by molar-refractivity contribution is 7.92. The Kier molecular flexibility index (Phi) is 3.52. The van der Waals surface area contributed by atoms with Gasteiger partial charge in [-0.05, 0) is 30.3 Å². The van der Waals surface area contributed by atoms with Gasteiger partial charge in [0.1, 0.15) is 5.65 Å². The number of hydrogen-bond donors (Lipinski definition) is 1. The predicted octanol–water partition coefficient (Wildman–Crippen LogP) is 3.44. The van der Waals surface area contributed by atoms with Gasteiger partial charge in [0.2, 0.25) is 0 Å². The molecule has 0 saturated carbocycles. The fraction of sp³-hybridized carbons (Fsp3) is 0. The van der Waals surface area contributed by atoms with Gasteiger partial charge in [0.25, 0.3) is 10.0 Å². The maximum absolute atomic E-state index is 12.5. The summed E-state index contributed by atoms with van der Waals surface area (Å²) in [7, 11) is -3.88. The highest BCUT2D eigenvalue weighted by Gasteiger charge is 2.24. The summed E-state index contributed by atoms with van der Waals surface area (Å²) in [5, 5.41) is 0.231. The Hall–Kier alpha value is -1.76. The maximum atomic E-state index is 12.5. The maximum Gasteiger partial charge on any atom is 0.281 e. The molecule has 108 valence electrons. The van der Waals surface area contributed by atoms with Crippen molar-refractivity contribution in [3.8, 4) is 0 Å². The zero-order chi connectivity index (χ0) is 15.0. The standard InChI is InChI=1S/C13H9Cl2N3O2S/c14-9-4-3-5-10(8-9)17-21(19,20)13-12(15)16-11-6-1-2-7-18(11)13/h1-8,17H. The summed E-state index contributed by atoms with van der Waals surface area (Å²) in [6.07, 6.45) is 1.58. The molecule has 5 nitrogen and oxygen atoms in total. The Morgan fingerprint density at radius 2 is 1.90 bits per heavy atom. The van der Waals surface area contributed by atoms with E-state index in [-0.39, 0.29) is 10.2 Å². The summed E-state index contributed by atoms with van der Waals surface area (Å²) in [5.41, 5.74) is 0.804. The highest BCUT2D eigenvalue weighted by atomic mass is 35.5. The van der Waals surface area contributed by atoms with Crippen molar-refractivity contribution in [3.05, 3.63) is 58.8 Å². The van der Waals surface area contributed by atoms with Gasteiger partial charge in [-0.25, -0.2) is 4.98 Å². The van der Waals surface area contributed by atoms with Crippen molar-refractivity contribution in [2.45, 2.75) is 5.03 Å². The fourth-order valence-electron chi connectivity index (χ4n) is 1.94. The molecule has 1 aromatic carbocycles. The molecule has 0 aliphatic carbocycles. The van der Waals surface area contributed by atoms with Crippen molar-refractivity contribution >= 4 is 44.6 Å². The molecule has 0 radical (unpaired) electrons. The van der Waals surface area contributed by atoms with Crippen LogP contribution in [0, 0.1) is 0 Å². The minimum absolute atomic E-state index is 0.0873. The third kappa shape index (κ3) is 2.70. The Morgan fingerprint density at radius 1 is 1.10 bits per heavy atom. The Bertz CT molecular complexity index is 922. The molecule has 0 aliphatic heterocycles. The Morgan fingerprint density at radius 3 is 2.67 bits per heavy atom. The third-order valence-electron chi connectivity index (χ3n) is 2.78. The molecule has 1 N–H and O–H groups in total. The van der Waals surface area contributed by atoms with Crippen molar-refractivity contribution in [2.24, 2.45) is 0 Å². The number of halogens is 2. The van der Waals surface area contributed by atoms with Crippen molar-refractivity contribution < 1.29 is 8.42 Å². The predicted molar refractivity (Wildman–Crippen MR) is 82.5 cm³/mol. The first-order valence-electron chi connectivity index (χ1n) is 5.88. The number of nitrogens with zero attached hydrogens (tertiary/aromatic N) is 2. The number of anilines is 1. The lowest BCUT2D eigenvalue weighted by molar-refractivity contribution is 0.596. The fourth-order valence-corrected chi connectivity index (χ4v) is 3.83. The van der Waals surface area contributed by atoms with E-state index in [4.69, 9.17) is 23.2 Å². The van der Waals surface area contributed by atoms with Crippen LogP contribution >= 0.6 is 23.2 Å². The van der Waals surface area contributed by atoms with Gasteiger partial charge in [-0.15, -0.1) is 0 Å². The van der Waals surface area contributed by atoms with Crippen LogP contribution < -0.4 is 4.72 Å². The number of pyridine rings is 1. The zero-order valence-corrected chi connectivity index (χ0v) is 12.8. The van der Waals surface area contributed by atoms with E-state index in [9.17, 15) is 8.42 Å². The van der Waals surface area contributed by atoms with Crippen LogP contribution in [-0.2, 0) is 10.0 Å². The van der Waals surface area contributed by atoms with Crippen LogP contribution in [0.2, 0.25) is 10.2 Å². The summed E-state index contributed by atoms with van der Waals surface area (Å²) in [4.78, 5) is 4.02. The van der Waals surface area contributed by atoms with E-state index in [0.29, 0.717) is 16.4 Å². The lowest BCUT2D eigenvalue weighted by Crippen LogP contribution is -2.15. The molecule has 0 saturated heterocycles. The van der Waals surface area contributed by atoms with E-state index in [1.807, 2.05) is 0 Å². The molecule has 2 aromatic heterocycles. The lowest BCUT2D eigenvalue weighted by Gasteiger charge is -2.08. The second kappa shape index (κ2) is 5.22. The van der Waals surface area contributed by atoms with Crippen molar-refractivity contribution in [1.82, 2.24) is 9.38 Å². The molecular weight excluding hydrogens is 333 g/mol. The number of rotatable bonds is 3. The highest BCUT2D eigenvalue weighted by Crippen LogP contribution is 2.25. The normalized spacial score (nSPS) is 11.7. The van der Waals surface area contributed by atoms with Crippen molar-refractivity contribution in [3.63, 3.8) is 0 Å². The van der Waals surface area contributed by atoms with Crippen molar-refractivity contribution in [2.75, 3.05) is 4.72 Å². The molecule has 21 heavy (non-hydrogen) atoms. The van der Waals surface area contributed by atoms with Gasteiger partial charge < -0.3 is 0 Å². The minimum Gasteiger partial charge on any atom is -0.288 e. The van der Waals surface area contributed by atoms with Gasteiger partial charge >= 0.3 is 0 Å². The number of hydrogen-bond acceptors (Lipinski definition) is 3. The second-order valence-corrected chi connectivity index (χ2v) is 6.64. The zero-order valence-electron chi connectivity index (χ0n) is 10.5. The SMILES string of the molecule is O=S(=O)(Nc1cccc(Cl)c1)c1c(Cl)nc2ccccn12. The van der Waals surface area contributed by atoms with Gasteiger partial charge in [-0.1, -0.05) is 35.3 Å². The average molecular weight is 342 g/mol. The van der Waals surface area contributed by atoms with Gasteiger partial charge in [-0.3, -0.25) is 9.12 Å². The molecule has 0 spiro atoms. The first kappa shape index (κ1) is 14.2. The van der Waals surface area contributed by atoms with Crippen LogP contribution in [0.4, 0.5) is 5.69 Å². The molecule has 8 heteroatoms. The molecule has 3 rings (SSSR count). The number of benzene rings is 1. The van der Waals surface area contributed by atoms with Crippen LogP contribution in [-0.4, -0.2) is 17.8 Å². The Balaban J connectivity index is 2.10. The van der Waals surface area contributed by atoms with Gasteiger partial charge in [0.15, 0.2) is 10.2 Å². The van der Waals surface area contributed by atoms with Gasteiger partial charge in [-0.2, -0.15) is 8.42 Å². The van der Waals surface area contributed by atoms with Gasteiger partial charge in [0.05, 0.1) is 5.69 Å². The molecular formula is C13H9Cl2N3O2S. The molecule has 3 aromatic rings. The topological polar surface area (TPSA) is 63.5 Å². The number of fused-ring (bicyclic) bond motifs is 1. The molecule has 2 heterocycles. The summed E-state index contributed by atoms with van der Waals surface area (Å²) in [6, 6.07) is 11.5. The van der Waals surface area contributed by atoms with E-state index < -0.39 is 10.0 Å². The quantitative estimate of drug-likeness (QED) is 0.793. The number of nitrogens with one attached hydrogen (secondary N) is 1. The molecule has 0 amide bonds. The van der Waals surface area contributed by atoms with E-state index >= 15 is 0 Å². The van der Waals surface area contributed by atoms with E-state index in [2.05, 4.69) is 9.71 Å². The van der Waals surface area contributed by atoms with Crippen LogP contribution in [0.1, 0.15) is 0 Å². The largest absolute Gasteiger partial charge is 0.288 e. The molecule has 0 aliphatic rings. The summed E-state index contributed by atoms with van der Waals surface area (Å²) >= 11 is 11.8. The summed E-state index contributed by atoms with van der Waals surface area (Å²) in [6.45, 7) is 0. The van der Waals surface area contributed by atoms with Crippen molar-refractivity contribution in [1.29, 1.82) is 0 Å². The first-order valence-corrected chi connectivity index (χ1v) is 8.12. The van der Waals surface area contributed by atoms with Crippen LogP contribution in [0.25, 0.3) is 5.65 Å². The van der Waals surface area contributed by atoms with E-state index in [1.54, 1.807) is 42.6 Å². The molecule has 0 fully saturated rings. The average Bonchev–Trinajstić information content (AvgIpc) is 2.74. The third-order valence-corrected chi connectivity index (χ3v) is 4.79. The minimum atomic E-state index is -3.88. The molecule has 0 atom stereocenters. The molecule has 0 unspecified atom stereocenters. The second-order valence-electron chi connectivity index (χ2n) is 4.25. The summed E-state index contributed by atoms with van der Waals surface area (Å²) < 4.78 is 28.9. The Labute approximate surface area is 131 Å². The van der Waals surface area contributed by atoms with Crippen LogP contribution in [0.3, 0.4) is 0 Å². The number of imidazole rings is 1. The summed E-state index contributed by atoms with van der Waals surface area (Å²) in [5.74, 6) is 0. The first-order chi connectivity index (χ1) is 9.97. The van der Waals surface area contributed by atoms with Crippen LogP contribution in [0.15, 0.2) is 53.7 Å². The number of aromatic nitrogens is 2. The van der Waals surface area contributed by atoms with E-state index in [1.165, 1.54) is 10.5 Å². The number of sulfonamides is 1. The lowest BCUT2D eigenvalue weighted by atomic mass is 10.3. The van der Waals surface area contributed by atoms with Crippen LogP contribution in [0.5, 0.6) is 0 Å². The van der Waals surface area contributed by atoms with Gasteiger partial charge in [0, 0.05) is 11.2 Å². The van der Waals surface area contributed by atoms with E-state index in [0.717, 1.165) is 0 Å². The monoisotopic (exact) mass is 341 g/mol.